The second-order valence-electron chi connectivity index (χ2n) is 11.4. The molecular formula is C26H33N3O5S. The van der Waals surface area contributed by atoms with Crippen LogP contribution < -0.4 is 10.2 Å². The number of esters is 1. The fourth-order valence-corrected chi connectivity index (χ4v) is 8.95. The Morgan fingerprint density at radius 2 is 1.77 bits per heavy atom. The van der Waals surface area contributed by atoms with Gasteiger partial charge < -0.3 is 15.0 Å². The molecule has 2 heterocycles. The van der Waals surface area contributed by atoms with Crippen LogP contribution in [0, 0.1) is 23.2 Å². The topological polar surface area (TPSA) is 105 Å². The molecule has 4 aliphatic carbocycles. The SMILES string of the molecule is O=C(COC(=O)c1ccc2c(c1)S(=O)(=O)N=C1CCCCCN12)NCC12CC3CC(CC(C3)C1)C2. The minimum absolute atomic E-state index is 0.0175. The van der Waals surface area contributed by atoms with Gasteiger partial charge in [-0.05, 0) is 92.7 Å². The minimum Gasteiger partial charge on any atom is -0.452 e. The second kappa shape index (κ2) is 8.61. The molecule has 0 radical (unpaired) electrons. The van der Waals surface area contributed by atoms with Crippen molar-refractivity contribution in [3.8, 4) is 0 Å². The summed E-state index contributed by atoms with van der Waals surface area (Å²) in [6.07, 6.45) is 11.2. The summed E-state index contributed by atoms with van der Waals surface area (Å²) >= 11 is 0. The number of carbonyl (C=O) groups is 2. The molecule has 188 valence electrons. The van der Waals surface area contributed by atoms with Crippen LogP contribution in [-0.4, -0.2) is 45.8 Å². The van der Waals surface area contributed by atoms with Crippen molar-refractivity contribution in [1.82, 2.24) is 5.32 Å². The lowest BCUT2D eigenvalue weighted by molar-refractivity contribution is -0.126. The summed E-state index contributed by atoms with van der Waals surface area (Å²) in [5.41, 5.74) is 0.880. The predicted molar refractivity (Wildman–Crippen MR) is 131 cm³/mol. The van der Waals surface area contributed by atoms with Crippen molar-refractivity contribution < 1.29 is 22.7 Å². The number of anilines is 1. The van der Waals surface area contributed by atoms with E-state index in [2.05, 4.69) is 9.71 Å². The highest BCUT2D eigenvalue weighted by molar-refractivity contribution is 7.90. The lowest BCUT2D eigenvalue weighted by atomic mass is 9.49. The Morgan fingerprint density at radius 1 is 1.06 bits per heavy atom. The summed E-state index contributed by atoms with van der Waals surface area (Å²) in [5.74, 6) is 1.99. The first-order valence-electron chi connectivity index (χ1n) is 13.0. The summed E-state index contributed by atoms with van der Waals surface area (Å²) in [4.78, 5) is 27.1. The molecule has 4 saturated carbocycles. The van der Waals surface area contributed by atoms with E-state index in [0.717, 1.165) is 37.0 Å². The molecule has 9 heteroatoms. The lowest BCUT2D eigenvalue weighted by Crippen LogP contribution is -2.51. The smallest absolute Gasteiger partial charge is 0.338 e. The maximum absolute atomic E-state index is 12.8. The van der Waals surface area contributed by atoms with Gasteiger partial charge in [-0.3, -0.25) is 4.79 Å². The number of sulfonamides is 1. The molecule has 0 atom stereocenters. The third kappa shape index (κ3) is 4.36. The number of amides is 1. The van der Waals surface area contributed by atoms with Gasteiger partial charge in [-0.1, -0.05) is 6.42 Å². The zero-order valence-electron chi connectivity index (χ0n) is 20.0. The summed E-state index contributed by atoms with van der Waals surface area (Å²) in [5, 5.41) is 3.01. The summed E-state index contributed by atoms with van der Waals surface area (Å²) < 4.78 is 34.9. The molecule has 1 aromatic rings. The number of hydrogen-bond donors (Lipinski definition) is 1. The van der Waals surface area contributed by atoms with E-state index in [4.69, 9.17) is 4.74 Å². The highest BCUT2D eigenvalue weighted by Crippen LogP contribution is 2.59. The van der Waals surface area contributed by atoms with Crippen molar-refractivity contribution >= 4 is 33.4 Å². The summed E-state index contributed by atoms with van der Waals surface area (Å²) in [6, 6.07) is 4.54. The highest BCUT2D eigenvalue weighted by Gasteiger charge is 2.50. The van der Waals surface area contributed by atoms with E-state index in [-0.39, 0.29) is 28.4 Å². The molecule has 0 aromatic heterocycles. The van der Waals surface area contributed by atoms with Crippen LogP contribution in [0.2, 0.25) is 0 Å². The molecule has 1 N–H and O–H groups in total. The molecular weight excluding hydrogens is 466 g/mol. The Bertz CT molecular complexity index is 1160. The number of hydrogen-bond acceptors (Lipinski definition) is 6. The largest absolute Gasteiger partial charge is 0.452 e. The number of nitrogens with one attached hydrogen (secondary N) is 1. The maximum atomic E-state index is 12.8. The normalized spacial score (nSPS) is 32.2. The Kier molecular flexibility index (Phi) is 5.66. The zero-order valence-corrected chi connectivity index (χ0v) is 20.8. The average molecular weight is 500 g/mol. The van der Waals surface area contributed by atoms with E-state index < -0.39 is 16.0 Å². The van der Waals surface area contributed by atoms with E-state index in [9.17, 15) is 18.0 Å². The number of fused-ring (bicyclic) bond motifs is 3. The number of nitrogens with zero attached hydrogens (tertiary/aromatic N) is 2. The monoisotopic (exact) mass is 499 g/mol. The number of rotatable bonds is 5. The van der Waals surface area contributed by atoms with Gasteiger partial charge in [0, 0.05) is 19.5 Å². The van der Waals surface area contributed by atoms with Gasteiger partial charge in [0.15, 0.2) is 6.61 Å². The maximum Gasteiger partial charge on any atom is 0.338 e. The van der Waals surface area contributed by atoms with Crippen LogP contribution in [0.15, 0.2) is 27.5 Å². The molecule has 2 aliphatic heterocycles. The van der Waals surface area contributed by atoms with Gasteiger partial charge >= 0.3 is 5.97 Å². The van der Waals surface area contributed by atoms with Crippen LogP contribution in [0.25, 0.3) is 0 Å². The van der Waals surface area contributed by atoms with Crippen molar-refractivity contribution in [3.63, 3.8) is 0 Å². The molecule has 0 spiro atoms. The van der Waals surface area contributed by atoms with Crippen LogP contribution in [0.5, 0.6) is 0 Å². The molecule has 6 aliphatic rings. The molecule has 1 aromatic carbocycles. The van der Waals surface area contributed by atoms with E-state index in [1.54, 1.807) is 12.1 Å². The molecule has 1 amide bonds. The van der Waals surface area contributed by atoms with Crippen molar-refractivity contribution in [2.24, 2.45) is 27.6 Å². The Hall–Kier alpha value is -2.42. The van der Waals surface area contributed by atoms with Gasteiger partial charge in [0.2, 0.25) is 0 Å². The molecule has 4 bridgehead atoms. The van der Waals surface area contributed by atoms with Gasteiger partial charge in [-0.15, -0.1) is 4.40 Å². The predicted octanol–water partition coefficient (Wildman–Crippen LogP) is 3.66. The van der Waals surface area contributed by atoms with Gasteiger partial charge in [0.05, 0.1) is 11.3 Å². The molecule has 1 saturated heterocycles. The molecule has 7 rings (SSSR count). The van der Waals surface area contributed by atoms with Gasteiger partial charge in [0.1, 0.15) is 10.7 Å². The van der Waals surface area contributed by atoms with E-state index in [1.807, 2.05) is 4.90 Å². The summed E-state index contributed by atoms with van der Waals surface area (Å²) in [7, 11) is -3.89. The summed E-state index contributed by atoms with van der Waals surface area (Å²) in [6.45, 7) is 0.985. The highest BCUT2D eigenvalue weighted by atomic mass is 32.2. The van der Waals surface area contributed by atoms with Crippen LogP contribution in [0.3, 0.4) is 0 Å². The Labute approximate surface area is 206 Å². The fourth-order valence-electron chi connectivity index (χ4n) is 7.66. The lowest BCUT2D eigenvalue weighted by Gasteiger charge is -2.56. The first-order chi connectivity index (χ1) is 16.8. The number of amidine groups is 1. The number of ether oxygens (including phenoxy) is 1. The molecule has 8 nitrogen and oxygen atoms in total. The standard InChI is InChI=1S/C26H33N3O5S/c30-24(27-16-26-12-17-8-18(13-26)10-19(9-17)14-26)15-34-25(31)20-5-6-21-22(11-20)35(32,33)28-23-4-2-1-3-7-29(21)23/h5-6,11,17-19H,1-4,7-10,12-16H2,(H,27,30). The second-order valence-corrected chi connectivity index (χ2v) is 13.0. The Balaban J connectivity index is 1.08. The van der Waals surface area contributed by atoms with Crippen LogP contribution in [-0.2, 0) is 19.6 Å². The van der Waals surface area contributed by atoms with Crippen LogP contribution >= 0.6 is 0 Å². The van der Waals surface area contributed by atoms with Crippen molar-refractivity contribution in [2.45, 2.75) is 69.1 Å². The minimum atomic E-state index is -3.89. The zero-order chi connectivity index (χ0) is 24.2. The Morgan fingerprint density at radius 3 is 2.49 bits per heavy atom. The van der Waals surface area contributed by atoms with E-state index >= 15 is 0 Å². The van der Waals surface area contributed by atoms with Crippen molar-refractivity contribution in [3.05, 3.63) is 23.8 Å². The van der Waals surface area contributed by atoms with Crippen LogP contribution in [0.4, 0.5) is 5.69 Å². The first kappa shape index (κ1) is 23.0. The van der Waals surface area contributed by atoms with E-state index in [0.29, 0.717) is 31.0 Å². The molecule has 35 heavy (non-hydrogen) atoms. The fraction of sp³-hybridized carbons (Fsp3) is 0.654. The first-order valence-corrected chi connectivity index (χ1v) is 14.4. The van der Waals surface area contributed by atoms with Gasteiger partial charge in [0.25, 0.3) is 15.9 Å². The van der Waals surface area contributed by atoms with E-state index in [1.165, 1.54) is 44.6 Å². The number of benzene rings is 1. The number of carbonyl (C=O) groups excluding carboxylic acids is 2. The molecule has 0 unspecified atom stereocenters. The third-order valence-corrected chi connectivity index (χ3v) is 10.1. The molecule has 5 fully saturated rings. The van der Waals surface area contributed by atoms with Gasteiger partial charge in [-0.2, -0.15) is 8.42 Å². The van der Waals surface area contributed by atoms with Crippen LogP contribution in [0.1, 0.15) is 74.6 Å². The average Bonchev–Trinajstić information content (AvgIpc) is 3.05. The third-order valence-electron chi connectivity index (χ3n) is 8.74. The quantitative estimate of drug-likeness (QED) is 0.620. The van der Waals surface area contributed by atoms with Crippen molar-refractivity contribution in [1.29, 1.82) is 0 Å². The van der Waals surface area contributed by atoms with Gasteiger partial charge in [-0.25, -0.2) is 4.79 Å². The van der Waals surface area contributed by atoms with Crippen molar-refractivity contribution in [2.75, 3.05) is 24.6 Å².